The Kier molecular flexibility index (Phi) is 4.64. The molecule has 3 nitrogen and oxygen atoms in total. The molecule has 0 spiro atoms. The second-order valence-electron chi connectivity index (χ2n) is 4.92. The normalized spacial score (nSPS) is 12.0. The first kappa shape index (κ1) is 12.6. The molecule has 0 amide bonds. The van der Waals surface area contributed by atoms with Crippen LogP contribution >= 0.6 is 11.8 Å². The third-order valence-electron chi connectivity index (χ3n) is 1.93. The zero-order chi connectivity index (χ0) is 11.3. The van der Waals surface area contributed by atoms with E-state index in [9.17, 15) is 0 Å². The molecule has 0 radical (unpaired) electrons. The third-order valence-corrected chi connectivity index (χ3v) is 2.63. The average Bonchev–Trinajstić information content (AvgIpc) is 2.50. The molecule has 0 fully saturated rings. The predicted molar refractivity (Wildman–Crippen MR) is 64.2 cm³/mol. The lowest BCUT2D eigenvalue weighted by Gasteiger charge is -2.14. The molecular formula is C11H20N2OS. The number of hydrogen-bond donors (Lipinski definition) is 0. The number of nitrogens with zero attached hydrogens (tertiary/aromatic N) is 2. The Bertz CT molecular complexity index is 291. The van der Waals surface area contributed by atoms with Gasteiger partial charge in [-0.2, -0.15) is 11.8 Å². The van der Waals surface area contributed by atoms with E-state index in [4.69, 9.17) is 4.42 Å². The van der Waals surface area contributed by atoms with E-state index in [-0.39, 0.29) is 5.41 Å². The maximum Gasteiger partial charge on any atom is 0.217 e. The van der Waals surface area contributed by atoms with Gasteiger partial charge in [-0.25, -0.2) is 0 Å². The molecule has 0 aliphatic rings. The van der Waals surface area contributed by atoms with Crippen LogP contribution < -0.4 is 0 Å². The van der Waals surface area contributed by atoms with Crippen LogP contribution in [0, 0.1) is 5.41 Å². The number of aromatic nitrogens is 2. The van der Waals surface area contributed by atoms with Crippen LogP contribution in [0.3, 0.4) is 0 Å². The summed E-state index contributed by atoms with van der Waals surface area (Å²) < 4.78 is 5.57. The van der Waals surface area contributed by atoms with Crippen molar-refractivity contribution in [1.82, 2.24) is 10.2 Å². The highest BCUT2D eigenvalue weighted by Crippen LogP contribution is 2.19. The summed E-state index contributed by atoms with van der Waals surface area (Å²) >= 11 is 1.85. The van der Waals surface area contributed by atoms with Gasteiger partial charge in [0.1, 0.15) is 0 Å². The molecule has 0 bridgehead atoms. The largest absolute Gasteiger partial charge is 0.425 e. The molecule has 0 atom stereocenters. The van der Waals surface area contributed by atoms with Gasteiger partial charge in [-0.1, -0.05) is 20.8 Å². The Balaban J connectivity index is 2.42. The van der Waals surface area contributed by atoms with Crippen LogP contribution in [-0.2, 0) is 12.8 Å². The molecular weight excluding hydrogens is 208 g/mol. The van der Waals surface area contributed by atoms with Gasteiger partial charge in [0.2, 0.25) is 11.8 Å². The Hall–Kier alpha value is -0.510. The second kappa shape index (κ2) is 5.54. The SMILES string of the molecule is CSCCCc1nnc(CC(C)(C)C)o1. The molecule has 4 heteroatoms. The van der Waals surface area contributed by atoms with Crippen molar-refractivity contribution in [1.29, 1.82) is 0 Å². The maximum atomic E-state index is 5.57. The van der Waals surface area contributed by atoms with Crippen LogP contribution in [0.4, 0.5) is 0 Å². The van der Waals surface area contributed by atoms with E-state index in [1.54, 1.807) is 0 Å². The zero-order valence-electron chi connectivity index (χ0n) is 10.0. The highest BCUT2D eigenvalue weighted by molar-refractivity contribution is 7.98. The second-order valence-corrected chi connectivity index (χ2v) is 5.91. The van der Waals surface area contributed by atoms with Crippen molar-refractivity contribution in [2.45, 2.75) is 40.0 Å². The van der Waals surface area contributed by atoms with Gasteiger partial charge in [-0.3, -0.25) is 0 Å². The summed E-state index contributed by atoms with van der Waals surface area (Å²) in [5.41, 5.74) is 0.211. The molecule has 0 N–H and O–H groups in total. The fourth-order valence-corrected chi connectivity index (χ4v) is 1.72. The minimum Gasteiger partial charge on any atom is -0.425 e. The average molecular weight is 228 g/mol. The molecule has 86 valence electrons. The number of rotatable bonds is 5. The maximum absolute atomic E-state index is 5.57. The standard InChI is InChI=1S/C11H20N2OS/c1-11(2,3)8-10-13-12-9(14-10)6-5-7-15-4/h5-8H2,1-4H3. The Labute approximate surface area is 96.0 Å². The Morgan fingerprint density at radius 1 is 1.20 bits per heavy atom. The molecule has 0 saturated heterocycles. The van der Waals surface area contributed by atoms with Crippen molar-refractivity contribution >= 4 is 11.8 Å². The highest BCUT2D eigenvalue weighted by Gasteiger charge is 2.16. The van der Waals surface area contributed by atoms with Crippen molar-refractivity contribution in [2.75, 3.05) is 12.0 Å². The van der Waals surface area contributed by atoms with E-state index in [1.165, 1.54) is 0 Å². The fourth-order valence-electron chi connectivity index (χ4n) is 1.28. The minimum absolute atomic E-state index is 0.211. The summed E-state index contributed by atoms with van der Waals surface area (Å²) in [7, 11) is 0. The Morgan fingerprint density at radius 3 is 2.47 bits per heavy atom. The van der Waals surface area contributed by atoms with E-state index in [2.05, 4.69) is 37.2 Å². The summed E-state index contributed by atoms with van der Waals surface area (Å²) in [4.78, 5) is 0. The minimum atomic E-state index is 0.211. The van der Waals surface area contributed by atoms with Crippen LogP contribution in [0.25, 0.3) is 0 Å². The van der Waals surface area contributed by atoms with Crippen LogP contribution in [0.2, 0.25) is 0 Å². The number of hydrogen-bond acceptors (Lipinski definition) is 4. The van der Waals surface area contributed by atoms with Crippen molar-refractivity contribution in [3.05, 3.63) is 11.8 Å². The first-order valence-electron chi connectivity index (χ1n) is 5.31. The van der Waals surface area contributed by atoms with Crippen LogP contribution in [0.5, 0.6) is 0 Å². The van der Waals surface area contributed by atoms with E-state index in [0.29, 0.717) is 0 Å². The fraction of sp³-hybridized carbons (Fsp3) is 0.818. The topological polar surface area (TPSA) is 38.9 Å². The van der Waals surface area contributed by atoms with Gasteiger partial charge in [-0.15, -0.1) is 10.2 Å². The van der Waals surface area contributed by atoms with Crippen LogP contribution in [0.15, 0.2) is 4.42 Å². The monoisotopic (exact) mass is 228 g/mol. The lowest BCUT2D eigenvalue weighted by molar-refractivity contribution is 0.345. The van der Waals surface area contributed by atoms with Gasteiger partial charge in [0.15, 0.2) is 0 Å². The smallest absolute Gasteiger partial charge is 0.217 e. The van der Waals surface area contributed by atoms with Crippen molar-refractivity contribution < 1.29 is 4.42 Å². The summed E-state index contributed by atoms with van der Waals surface area (Å²) in [5.74, 6) is 2.70. The summed E-state index contributed by atoms with van der Waals surface area (Å²) in [6.45, 7) is 6.51. The lowest BCUT2D eigenvalue weighted by Crippen LogP contribution is -2.09. The molecule has 0 saturated carbocycles. The molecule has 0 aliphatic heterocycles. The van der Waals surface area contributed by atoms with Gasteiger partial charge in [-0.05, 0) is 23.8 Å². The molecule has 15 heavy (non-hydrogen) atoms. The third kappa shape index (κ3) is 5.21. The van der Waals surface area contributed by atoms with Crippen LogP contribution in [0.1, 0.15) is 39.0 Å². The van der Waals surface area contributed by atoms with E-state index in [1.807, 2.05) is 11.8 Å². The van der Waals surface area contributed by atoms with Gasteiger partial charge in [0.25, 0.3) is 0 Å². The van der Waals surface area contributed by atoms with E-state index < -0.39 is 0 Å². The number of thioether (sulfide) groups is 1. The summed E-state index contributed by atoms with van der Waals surface area (Å²) in [6.07, 6.45) is 4.97. The summed E-state index contributed by atoms with van der Waals surface area (Å²) in [6, 6.07) is 0. The summed E-state index contributed by atoms with van der Waals surface area (Å²) in [5, 5.41) is 8.10. The molecule has 1 aromatic rings. The molecule has 0 aliphatic carbocycles. The van der Waals surface area contributed by atoms with Crippen LogP contribution in [-0.4, -0.2) is 22.2 Å². The molecule has 1 rings (SSSR count). The molecule has 1 heterocycles. The Morgan fingerprint density at radius 2 is 1.87 bits per heavy atom. The molecule has 1 aromatic heterocycles. The van der Waals surface area contributed by atoms with Gasteiger partial charge in [0.05, 0.1) is 0 Å². The highest BCUT2D eigenvalue weighted by atomic mass is 32.2. The van der Waals surface area contributed by atoms with E-state index in [0.717, 1.165) is 36.8 Å². The quantitative estimate of drug-likeness (QED) is 0.726. The predicted octanol–water partition coefficient (Wildman–Crippen LogP) is 2.95. The van der Waals surface area contributed by atoms with E-state index >= 15 is 0 Å². The van der Waals surface area contributed by atoms with Crippen molar-refractivity contribution in [3.8, 4) is 0 Å². The first-order chi connectivity index (χ1) is 7.01. The first-order valence-corrected chi connectivity index (χ1v) is 6.71. The van der Waals surface area contributed by atoms with Crippen molar-refractivity contribution in [3.63, 3.8) is 0 Å². The van der Waals surface area contributed by atoms with Gasteiger partial charge in [0, 0.05) is 12.8 Å². The van der Waals surface area contributed by atoms with Crippen molar-refractivity contribution in [2.24, 2.45) is 5.41 Å². The molecule has 0 aromatic carbocycles. The lowest BCUT2D eigenvalue weighted by atomic mass is 9.92. The number of aryl methyl sites for hydroxylation is 1. The van der Waals surface area contributed by atoms with Gasteiger partial charge < -0.3 is 4.42 Å². The zero-order valence-corrected chi connectivity index (χ0v) is 10.9. The molecule has 0 unspecified atom stereocenters. The van der Waals surface area contributed by atoms with Gasteiger partial charge >= 0.3 is 0 Å².